The van der Waals surface area contributed by atoms with Gasteiger partial charge in [-0.15, -0.1) is 0 Å². The smallest absolute Gasteiger partial charge is 0.265 e. The molecule has 0 aliphatic carbocycles. The van der Waals surface area contributed by atoms with Crippen LogP contribution in [0.3, 0.4) is 0 Å². The van der Waals surface area contributed by atoms with Gasteiger partial charge in [-0.25, -0.2) is 8.42 Å². The molecule has 0 radical (unpaired) electrons. The number of sulfonamides is 1. The highest BCUT2D eigenvalue weighted by atomic mass is 35.5. The Morgan fingerprint density at radius 3 is 2.05 bits per heavy atom. The van der Waals surface area contributed by atoms with Gasteiger partial charge in [0, 0.05) is 30.0 Å². The van der Waals surface area contributed by atoms with Crippen LogP contribution in [-0.4, -0.2) is 54.6 Å². The summed E-state index contributed by atoms with van der Waals surface area (Å²) in [7, 11) is 1.28. The van der Waals surface area contributed by atoms with Gasteiger partial charge in [0.2, 0.25) is 6.04 Å². The number of benzene rings is 3. The molecule has 0 aromatic heterocycles. The summed E-state index contributed by atoms with van der Waals surface area (Å²) in [4.78, 5) is 25.1. The molecule has 0 bridgehead atoms. The Morgan fingerprint density at radius 1 is 0.850 bits per heavy atom. The molecule has 0 saturated carbocycles. The van der Waals surface area contributed by atoms with Crippen molar-refractivity contribution in [1.29, 1.82) is 0 Å². The van der Waals surface area contributed by atoms with Gasteiger partial charge in [0.1, 0.15) is 33.6 Å². The molecule has 0 aliphatic rings. The van der Waals surface area contributed by atoms with Gasteiger partial charge in [0.05, 0.1) is 39.1 Å². The maximum Gasteiger partial charge on any atom is 0.265 e. The lowest BCUT2D eigenvalue weighted by molar-refractivity contribution is -0.126. The van der Waals surface area contributed by atoms with E-state index in [9.17, 15) is 18.0 Å². The topological polar surface area (TPSA) is 154 Å². The van der Waals surface area contributed by atoms with Crippen molar-refractivity contribution < 1.29 is 37.0 Å². The van der Waals surface area contributed by atoms with Crippen molar-refractivity contribution in [2.24, 2.45) is 10.2 Å². The third-order valence-corrected chi connectivity index (χ3v) is 7.12. The molecule has 0 spiro atoms. The zero-order valence-corrected chi connectivity index (χ0v) is 23.8. The first kappa shape index (κ1) is 30.2. The lowest BCUT2D eigenvalue weighted by atomic mass is 10.2. The maximum absolute atomic E-state index is 13.1. The van der Waals surface area contributed by atoms with E-state index in [1.165, 1.54) is 59.6 Å². The van der Waals surface area contributed by atoms with E-state index in [-0.39, 0.29) is 44.3 Å². The monoisotopic (exact) mass is 590 g/mol. The Bertz CT molecular complexity index is 1530. The summed E-state index contributed by atoms with van der Waals surface area (Å²) in [6.07, 6.45) is 0. The minimum atomic E-state index is -4.09. The fourth-order valence-electron chi connectivity index (χ4n) is 3.46. The summed E-state index contributed by atoms with van der Waals surface area (Å²) in [5.41, 5.74) is 0.551. The highest BCUT2D eigenvalue weighted by molar-refractivity contribution is 7.92. The lowest BCUT2D eigenvalue weighted by Gasteiger charge is -2.15. The van der Waals surface area contributed by atoms with Crippen LogP contribution in [0.1, 0.15) is 6.92 Å². The molecule has 3 aromatic rings. The predicted molar refractivity (Wildman–Crippen MR) is 149 cm³/mol. The number of halogens is 1. The van der Waals surface area contributed by atoms with Crippen molar-refractivity contribution in [3.05, 3.63) is 59.6 Å². The van der Waals surface area contributed by atoms with E-state index in [4.69, 9.17) is 30.5 Å². The Hall–Kier alpha value is -4.36. The lowest BCUT2D eigenvalue weighted by Crippen LogP contribution is -2.32. The Labute approximate surface area is 236 Å². The minimum absolute atomic E-state index is 0.00445. The summed E-state index contributed by atoms with van der Waals surface area (Å²) in [5.74, 6) is -0.989. The van der Waals surface area contributed by atoms with Gasteiger partial charge in [-0.3, -0.25) is 14.3 Å². The number of anilines is 2. The van der Waals surface area contributed by atoms with Crippen LogP contribution in [0.25, 0.3) is 0 Å². The van der Waals surface area contributed by atoms with Crippen molar-refractivity contribution in [2.45, 2.75) is 17.9 Å². The summed E-state index contributed by atoms with van der Waals surface area (Å²) in [5, 5.41) is 10.7. The van der Waals surface area contributed by atoms with Crippen molar-refractivity contribution in [3.63, 3.8) is 0 Å². The molecule has 40 heavy (non-hydrogen) atoms. The second-order valence-corrected chi connectivity index (χ2v) is 10.1. The normalized spacial score (nSPS) is 11.9. The molecule has 1 atom stereocenters. The number of carbonyl (C=O) groups excluding carboxylic acids is 2. The summed E-state index contributed by atoms with van der Waals surface area (Å²) in [6, 6.07) is 12.1. The molecule has 0 fully saturated rings. The van der Waals surface area contributed by atoms with Crippen LogP contribution in [-0.2, 0) is 19.6 Å². The van der Waals surface area contributed by atoms with Gasteiger partial charge in [-0.1, -0.05) is 29.8 Å². The predicted octanol–water partition coefficient (Wildman–Crippen LogP) is 4.86. The average molecular weight is 591 g/mol. The number of rotatable bonds is 12. The fourth-order valence-corrected chi connectivity index (χ4v) is 4.91. The van der Waals surface area contributed by atoms with Crippen LogP contribution < -0.4 is 29.0 Å². The van der Waals surface area contributed by atoms with Gasteiger partial charge in [0.15, 0.2) is 5.78 Å². The van der Waals surface area contributed by atoms with Crippen LogP contribution in [0.4, 0.5) is 17.1 Å². The zero-order valence-electron chi connectivity index (χ0n) is 22.2. The molecular weight excluding hydrogens is 564 g/mol. The number of Topliss-reactive ketones (excluding diaryl/α,β-unsaturated/α-hetero) is 1. The number of azo groups is 1. The van der Waals surface area contributed by atoms with Crippen LogP contribution in [0.5, 0.6) is 23.0 Å². The summed E-state index contributed by atoms with van der Waals surface area (Å²) in [6.45, 7) is 1.17. The first-order valence-corrected chi connectivity index (χ1v) is 13.4. The molecule has 14 heteroatoms. The number of ether oxygens (including phenoxy) is 4. The van der Waals surface area contributed by atoms with Gasteiger partial charge in [-0.05, 0) is 19.1 Å². The number of carbonyl (C=O) groups is 2. The maximum atomic E-state index is 13.1. The zero-order chi connectivity index (χ0) is 29.4. The second kappa shape index (κ2) is 13.1. The summed E-state index contributed by atoms with van der Waals surface area (Å²) >= 11 is 6.11. The third-order valence-electron chi connectivity index (χ3n) is 5.43. The largest absolute Gasteiger partial charge is 0.495 e. The Morgan fingerprint density at radius 2 is 1.48 bits per heavy atom. The second-order valence-electron chi connectivity index (χ2n) is 8.05. The van der Waals surface area contributed by atoms with Crippen LogP contribution in [0.15, 0.2) is 69.7 Å². The molecule has 1 amide bonds. The average Bonchev–Trinajstić information content (AvgIpc) is 2.93. The molecule has 2 N–H and O–H groups in total. The van der Waals surface area contributed by atoms with Crippen molar-refractivity contribution in [1.82, 2.24) is 0 Å². The number of hydrogen-bond acceptors (Lipinski definition) is 10. The number of methoxy groups -OCH3 is 4. The van der Waals surface area contributed by atoms with E-state index >= 15 is 0 Å². The molecule has 3 rings (SSSR count). The first-order chi connectivity index (χ1) is 19.0. The van der Waals surface area contributed by atoms with Gasteiger partial charge in [-0.2, -0.15) is 10.2 Å². The molecule has 1 unspecified atom stereocenters. The quantitative estimate of drug-likeness (QED) is 0.224. The van der Waals surface area contributed by atoms with Crippen LogP contribution in [0, 0.1) is 0 Å². The molecule has 0 heterocycles. The number of amides is 1. The highest BCUT2D eigenvalue weighted by Crippen LogP contribution is 2.39. The molecule has 3 aromatic carbocycles. The van der Waals surface area contributed by atoms with E-state index in [2.05, 4.69) is 20.3 Å². The fraction of sp³-hybridized carbons (Fsp3) is 0.231. The number of nitrogens with zero attached hydrogens (tertiary/aromatic N) is 2. The SMILES string of the molecule is COc1cc(NC(=O)C(N=Nc2cc(OC)c(S(=O)(=O)Nc3ccccc3)cc2OC)C(C)=O)c(OC)cc1Cl. The van der Waals surface area contributed by atoms with Gasteiger partial charge < -0.3 is 24.3 Å². The van der Waals surface area contributed by atoms with E-state index in [0.717, 1.165) is 0 Å². The number of ketones is 1. The van der Waals surface area contributed by atoms with Gasteiger partial charge >= 0.3 is 0 Å². The molecule has 12 nitrogen and oxygen atoms in total. The molecule has 0 aliphatic heterocycles. The highest BCUT2D eigenvalue weighted by Gasteiger charge is 2.26. The number of para-hydroxylation sites is 1. The van der Waals surface area contributed by atoms with Crippen molar-refractivity contribution in [2.75, 3.05) is 38.5 Å². The standard InChI is InChI=1S/C26H27ClN4O8S/c1-15(32)25(26(33)28-18-12-20(36-2)17(27)11-21(18)37-3)30-29-19-13-23(39-5)24(14-22(19)38-4)40(34,35)31-16-9-7-6-8-10-16/h6-14,25,31H,1-5H3,(H,28,33). The van der Waals surface area contributed by atoms with Crippen LogP contribution >= 0.6 is 11.6 Å². The van der Waals surface area contributed by atoms with Gasteiger partial charge in [0.25, 0.3) is 15.9 Å². The van der Waals surface area contributed by atoms with E-state index in [0.29, 0.717) is 5.69 Å². The van der Waals surface area contributed by atoms with E-state index in [1.807, 2.05) is 0 Å². The minimum Gasteiger partial charge on any atom is -0.495 e. The van der Waals surface area contributed by atoms with E-state index in [1.54, 1.807) is 30.3 Å². The molecule has 0 saturated heterocycles. The molecule has 212 valence electrons. The van der Waals surface area contributed by atoms with E-state index < -0.39 is 27.8 Å². The first-order valence-electron chi connectivity index (χ1n) is 11.5. The van der Waals surface area contributed by atoms with Crippen LogP contribution in [0.2, 0.25) is 5.02 Å². The number of nitrogens with one attached hydrogen (secondary N) is 2. The third kappa shape index (κ3) is 6.98. The molecular formula is C26H27ClN4O8S. The van der Waals surface area contributed by atoms with Crippen molar-refractivity contribution in [3.8, 4) is 23.0 Å². The number of hydrogen-bond donors (Lipinski definition) is 2. The van der Waals surface area contributed by atoms with Crippen molar-refractivity contribution >= 4 is 50.4 Å². The summed E-state index contributed by atoms with van der Waals surface area (Å²) < 4.78 is 49.6. The Balaban J connectivity index is 1.94. The Kier molecular flexibility index (Phi) is 9.91.